The molecule has 0 amide bonds. The van der Waals surface area contributed by atoms with E-state index in [2.05, 4.69) is 28.2 Å². The van der Waals surface area contributed by atoms with Crippen LogP contribution in [-0.2, 0) is 0 Å². The third kappa shape index (κ3) is 2.98. The van der Waals surface area contributed by atoms with Gasteiger partial charge in [-0.2, -0.15) is 0 Å². The SMILES string of the molecule is CN1CCN(C2=Nc3cc(Cl)ccc3NC3=CCCCC32)CC1. The summed E-state index contributed by atoms with van der Waals surface area (Å²) in [6.45, 7) is 4.30. The Morgan fingerprint density at radius 1 is 1.22 bits per heavy atom. The topological polar surface area (TPSA) is 30.9 Å². The zero-order valence-electron chi connectivity index (χ0n) is 13.6. The second kappa shape index (κ2) is 6.17. The van der Waals surface area contributed by atoms with Gasteiger partial charge in [0.2, 0.25) is 0 Å². The van der Waals surface area contributed by atoms with Crippen LogP contribution in [0.1, 0.15) is 19.3 Å². The zero-order chi connectivity index (χ0) is 15.8. The number of anilines is 1. The summed E-state index contributed by atoms with van der Waals surface area (Å²) in [5.74, 6) is 1.61. The number of fused-ring (bicyclic) bond motifs is 2. The molecule has 0 saturated carbocycles. The Kier molecular flexibility index (Phi) is 4.04. The maximum absolute atomic E-state index is 6.20. The van der Waals surface area contributed by atoms with Gasteiger partial charge in [-0.05, 0) is 44.5 Å². The van der Waals surface area contributed by atoms with Crippen LogP contribution in [0.3, 0.4) is 0 Å². The number of hydrogen-bond donors (Lipinski definition) is 1. The minimum atomic E-state index is 0.387. The van der Waals surface area contributed by atoms with Crippen LogP contribution in [-0.4, -0.2) is 48.9 Å². The molecule has 0 aromatic heterocycles. The lowest BCUT2D eigenvalue weighted by Crippen LogP contribution is -2.49. The fourth-order valence-electron chi connectivity index (χ4n) is 3.67. The molecule has 122 valence electrons. The number of nitrogens with one attached hydrogen (secondary N) is 1. The number of halogens is 1. The number of likely N-dealkylation sites (N-methyl/N-ethyl adjacent to an activating group) is 1. The van der Waals surface area contributed by atoms with Crippen LogP contribution < -0.4 is 5.32 Å². The average molecular weight is 331 g/mol. The van der Waals surface area contributed by atoms with E-state index in [0.29, 0.717) is 5.92 Å². The van der Waals surface area contributed by atoms with Crippen molar-refractivity contribution in [2.45, 2.75) is 19.3 Å². The molecule has 4 nitrogen and oxygen atoms in total. The van der Waals surface area contributed by atoms with Crippen molar-refractivity contribution in [1.82, 2.24) is 9.80 Å². The van der Waals surface area contributed by atoms with Gasteiger partial charge in [0, 0.05) is 36.9 Å². The number of allylic oxidation sites excluding steroid dienone is 1. The van der Waals surface area contributed by atoms with Crippen LogP contribution in [0.5, 0.6) is 0 Å². The lowest BCUT2D eigenvalue weighted by atomic mass is 9.90. The number of rotatable bonds is 0. The van der Waals surface area contributed by atoms with Crippen LogP contribution in [0.25, 0.3) is 0 Å². The van der Waals surface area contributed by atoms with Crippen molar-refractivity contribution in [1.29, 1.82) is 0 Å². The Morgan fingerprint density at radius 3 is 2.87 bits per heavy atom. The summed E-state index contributed by atoms with van der Waals surface area (Å²) in [5, 5.41) is 4.36. The summed E-state index contributed by atoms with van der Waals surface area (Å²) >= 11 is 6.20. The maximum atomic E-state index is 6.20. The third-order valence-corrected chi connectivity index (χ3v) is 5.28. The van der Waals surface area contributed by atoms with E-state index < -0.39 is 0 Å². The third-order valence-electron chi connectivity index (χ3n) is 5.05. The summed E-state index contributed by atoms with van der Waals surface area (Å²) < 4.78 is 0. The van der Waals surface area contributed by atoms with Gasteiger partial charge in [-0.25, -0.2) is 4.99 Å². The van der Waals surface area contributed by atoms with E-state index in [4.69, 9.17) is 16.6 Å². The first-order chi connectivity index (χ1) is 11.2. The van der Waals surface area contributed by atoms with Crippen LogP contribution in [0.2, 0.25) is 5.02 Å². The van der Waals surface area contributed by atoms with Crippen LogP contribution in [0, 0.1) is 5.92 Å². The van der Waals surface area contributed by atoms with Gasteiger partial charge in [0.15, 0.2) is 0 Å². The van der Waals surface area contributed by atoms with E-state index in [-0.39, 0.29) is 0 Å². The van der Waals surface area contributed by atoms with Crippen LogP contribution in [0.4, 0.5) is 11.4 Å². The number of aliphatic imine (C=N–C) groups is 1. The highest BCUT2D eigenvalue weighted by atomic mass is 35.5. The molecule has 1 saturated heterocycles. The molecule has 1 aromatic rings. The van der Waals surface area contributed by atoms with Gasteiger partial charge in [0.05, 0.1) is 17.3 Å². The molecule has 1 fully saturated rings. The van der Waals surface area contributed by atoms with Crippen molar-refractivity contribution >= 4 is 28.8 Å². The summed E-state index contributed by atoms with van der Waals surface area (Å²) in [6, 6.07) is 5.95. The number of piperazine rings is 1. The number of nitrogens with zero attached hydrogens (tertiary/aromatic N) is 3. The first kappa shape index (κ1) is 15.0. The Morgan fingerprint density at radius 2 is 2.04 bits per heavy atom. The van der Waals surface area contributed by atoms with Gasteiger partial charge in [0.25, 0.3) is 0 Å². The van der Waals surface area contributed by atoms with Crippen LogP contribution in [0.15, 0.2) is 35.0 Å². The van der Waals surface area contributed by atoms with Crippen molar-refractivity contribution in [3.8, 4) is 0 Å². The Labute approximate surface area is 142 Å². The van der Waals surface area contributed by atoms with Crippen molar-refractivity contribution in [3.63, 3.8) is 0 Å². The normalized spacial score (nSPS) is 24.8. The molecule has 2 heterocycles. The van der Waals surface area contributed by atoms with Crippen molar-refractivity contribution in [3.05, 3.63) is 35.0 Å². The Bertz CT molecular complexity index is 659. The molecule has 1 atom stereocenters. The van der Waals surface area contributed by atoms with Gasteiger partial charge >= 0.3 is 0 Å². The first-order valence-corrected chi connectivity index (χ1v) is 8.87. The summed E-state index contributed by atoms with van der Waals surface area (Å²) in [6.07, 6.45) is 5.91. The van der Waals surface area contributed by atoms with E-state index in [0.717, 1.165) is 49.0 Å². The number of amidine groups is 1. The maximum Gasteiger partial charge on any atom is 0.114 e. The first-order valence-electron chi connectivity index (χ1n) is 8.49. The minimum Gasteiger partial charge on any atom is -0.357 e. The smallest absolute Gasteiger partial charge is 0.114 e. The lowest BCUT2D eigenvalue weighted by Gasteiger charge is -2.38. The molecule has 23 heavy (non-hydrogen) atoms. The van der Waals surface area contributed by atoms with Gasteiger partial charge in [0.1, 0.15) is 5.84 Å². The highest BCUT2D eigenvalue weighted by Crippen LogP contribution is 2.38. The fraction of sp³-hybridized carbons (Fsp3) is 0.500. The quantitative estimate of drug-likeness (QED) is 0.786. The second-order valence-electron chi connectivity index (χ2n) is 6.69. The minimum absolute atomic E-state index is 0.387. The fourth-order valence-corrected chi connectivity index (χ4v) is 3.84. The molecular formula is C18H23ClN4. The van der Waals surface area contributed by atoms with E-state index in [1.807, 2.05) is 18.2 Å². The standard InChI is InChI=1S/C18H23ClN4/c1-22-8-10-23(11-9-22)18-14-4-2-3-5-15(14)20-16-7-6-13(19)12-17(16)21-18/h5-7,12,14,20H,2-4,8-11H2,1H3. The Balaban J connectivity index is 1.76. The summed E-state index contributed by atoms with van der Waals surface area (Å²) in [5.41, 5.74) is 3.34. The van der Waals surface area contributed by atoms with Gasteiger partial charge in [-0.15, -0.1) is 0 Å². The Hall–Kier alpha value is -1.52. The molecule has 5 heteroatoms. The molecule has 1 aromatic carbocycles. The molecule has 1 unspecified atom stereocenters. The zero-order valence-corrected chi connectivity index (χ0v) is 14.3. The molecule has 1 aliphatic carbocycles. The highest BCUT2D eigenvalue weighted by Gasteiger charge is 2.31. The van der Waals surface area contributed by atoms with Gasteiger partial charge in [-0.1, -0.05) is 17.7 Å². The second-order valence-corrected chi connectivity index (χ2v) is 7.13. The van der Waals surface area contributed by atoms with Crippen molar-refractivity contribution < 1.29 is 0 Å². The molecule has 0 radical (unpaired) electrons. The molecule has 4 rings (SSSR count). The summed E-state index contributed by atoms with van der Waals surface area (Å²) in [7, 11) is 2.19. The molecule has 1 N–H and O–H groups in total. The van der Waals surface area contributed by atoms with Crippen molar-refractivity contribution in [2.75, 3.05) is 38.5 Å². The number of benzene rings is 1. The van der Waals surface area contributed by atoms with E-state index in [1.54, 1.807) is 0 Å². The molecule has 0 spiro atoms. The molecule has 0 bridgehead atoms. The van der Waals surface area contributed by atoms with Gasteiger partial charge < -0.3 is 15.1 Å². The predicted octanol–water partition coefficient (Wildman–Crippen LogP) is 3.73. The van der Waals surface area contributed by atoms with Crippen molar-refractivity contribution in [2.24, 2.45) is 10.9 Å². The molecule has 3 aliphatic rings. The van der Waals surface area contributed by atoms with E-state index in [1.165, 1.54) is 24.4 Å². The summed E-state index contributed by atoms with van der Waals surface area (Å²) in [4.78, 5) is 9.93. The molecular weight excluding hydrogens is 308 g/mol. The molecule has 2 aliphatic heterocycles. The van der Waals surface area contributed by atoms with Crippen LogP contribution >= 0.6 is 11.6 Å². The van der Waals surface area contributed by atoms with E-state index in [9.17, 15) is 0 Å². The number of hydrogen-bond acceptors (Lipinski definition) is 4. The van der Waals surface area contributed by atoms with Gasteiger partial charge in [-0.3, -0.25) is 0 Å². The van der Waals surface area contributed by atoms with E-state index >= 15 is 0 Å². The largest absolute Gasteiger partial charge is 0.357 e. The lowest BCUT2D eigenvalue weighted by molar-refractivity contribution is 0.210. The average Bonchev–Trinajstić information content (AvgIpc) is 2.72. The predicted molar refractivity (Wildman–Crippen MR) is 96.7 cm³/mol. The highest BCUT2D eigenvalue weighted by molar-refractivity contribution is 6.31. The monoisotopic (exact) mass is 330 g/mol.